The molecule has 1 unspecified atom stereocenters. The highest BCUT2D eigenvalue weighted by atomic mass is 32.2. The third-order valence-electron chi connectivity index (χ3n) is 4.95. The van der Waals surface area contributed by atoms with Gasteiger partial charge in [-0.25, -0.2) is 0 Å². The Bertz CT molecular complexity index is 249. The van der Waals surface area contributed by atoms with Crippen LogP contribution < -0.4 is 5.32 Å². The van der Waals surface area contributed by atoms with Gasteiger partial charge in [0.15, 0.2) is 0 Å². The predicted molar refractivity (Wildman–Crippen MR) is 87.0 cm³/mol. The third kappa shape index (κ3) is 4.64. The summed E-state index contributed by atoms with van der Waals surface area (Å²) < 4.78 is 0. The van der Waals surface area contributed by atoms with Gasteiger partial charge in [-0.15, -0.1) is 0 Å². The highest BCUT2D eigenvalue weighted by Gasteiger charge is 2.33. The van der Waals surface area contributed by atoms with Crippen LogP contribution in [0.4, 0.5) is 0 Å². The molecule has 0 aromatic heterocycles. The van der Waals surface area contributed by atoms with Gasteiger partial charge >= 0.3 is 0 Å². The first-order chi connectivity index (χ1) is 9.28. The van der Waals surface area contributed by atoms with Gasteiger partial charge in [-0.2, -0.15) is 11.8 Å². The van der Waals surface area contributed by atoms with Crippen molar-refractivity contribution >= 4 is 11.8 Å². The molecule has 2 fully saturated rings. The monoisotopic (exact) mass is 284 g/mol. The van der Waals surface area contributed by atoms with Gasteiger partial charge in [0.2, 0.25) is 0 Å². The molecule has 1 N–H and O–H groups in total. The molecule has 1 aliphatic heterocycles. The maximum absolute atomic E-state index is 3.49. The second kappa shape index (κ2) is 7.90. The molecule has 1 saturated carbocycles. The van der Waals surface area contributed by atoms with Crippen molar-refractivity contribution in [2.45, 2.75) is 57.1 Å². The Morgan fingerprint density at radius 1 is 1.21 bits per heavy atom. The Balaban J connectivity index is 1.94. The van der Waals surface area contributed by atoms with Crippen LogP contribution >= 0.6 is 11.8 Å². The van der Waals surface area contributed by atoms with E-state index in [1.54, 1.807) is 0 Å². The smallest absolute Gasteiger partial charge is 0.0172 e. The zero-order chi connectivity index (χ0) is 13.6. The fourth-order valence-corrected chi connectivity index (χ4v) is 5.14. The SMILES string of the molecule is CCC1CN(CC2(CNC)CCCCCC2)CCS1. The summed E-state index contributed by atoms with van der Waals surface area (Å²) in [6, 6.07) is 0. The summed E-state index contributed by atoms with van der Waals surface area (Å²) in [6.45, 7) is 7.54. The van der Waals surface area contributed by atoms with Crippen molar-refractivity contribution in [2.75, 3.05) is 39.0 Å². The summed E-state index contributed by atoms with van der Waals surface area (Å²) in [5.41, 5.74) is 0.561. The average molecular weight is 285 g/mol. The summed E-state index contributed by atoms with van der Waals surface area (Å²) in [7, 11) is 2.13. The van der Waals surface area contributed by atoms with Crippen molar-refractivity contribution in [3.8, 4) is 0 Å². The summed E-state index contributed by atoms with van der Waals surface area (Å²) in [5, 5.41) is 4.37. The van der Waals surface area contributed by atoms with Crippen LogP contribution in [0.15, 0.2) is 0 Å². The molecule has 0 spiro atoms. The Morgan fingerprint density at radius 3 is 2.58 bits per heavy atom. The van der Waals surface area contributed by atoms with Crippen molar-refractivity contribution in [1.29, 1.82) is 0 Å². The van der Waals surface area contributed by atoms with Gasteiger partial charge in [-0.1, -0.05) is 32.6 Å². The largest absolute Gasteiger partial charge is 0.319 e. The summed E-state index contributed by atoms with van der Waals surface area (Å²) in [4.78, 5) is 2.77. The van der Waals surface area contributed by atoms with Crippen LogP contribution in [0.25, 0.3) is 0 Å². The maximum atomic E-state index is 3.49. The van der Waals surface area contributed by atoms with E-state index in [-0.39, 0.29) is 0 Å². The second-order valence-electron chi connectivity index (χ2n) is 6.58. The number of nitrogens with zero attached hydrogens (tertiary/aromatic N) is 1. The molecule has 0 amide bonds. The molecular weight excluding hydrogens is 252 g/mol. The van der Waals surface area contributed by atoms with E-state index in [0.29, 0.717) is 5.41 Å². The first kappa shape index (κ1) is 15.7. The maximum Gasteiger partial charge on any atom is 0.0172 e. The van der Waals surface area contributed by atoms with E-state index in [4.69, 9.17) is 0 Å². The van der Waals surface area contributed by atoms with Crippen LogP contribution in [0.3, 0.4) is 0 Å². The van der Waals surface area contributed by atoms with Crippen LogP contribution in [-0.2, 0) is 0 Å². The van der Waals surface area contributed by atoms with Gasteiger partial charge in [0.1, 0.15) is 0 Å². The fourth-order valence-electron chi connectivity index (χ4n) is 3.89. The molecule has 1 heterocycles. The van der Waals surface area contributed by atoms with E-state index in [1.165, 1.54) is 76.9 Å². The Kier molecular flexibility index (Phi) is 6.51. The van der Waals surface area contributed by atoms with Crippen molar-refractivity contribution in [3.05, 3.63) is 0 Å². The van der Waals surface area contributed by atoms with Crippen molar-refractivity contribution < 1.29 is 0 Å². The number of hydrogen-bond acceptors (Lipinski definition) is 3. The lowest BCUT2D eigenvalue weighted by Gasteiger charge is -2.41. The quantitative estimate of drug-likeness (QED) is 0.779. The minimum Gasteiger partial charge on any atom is -0.319 e. The van der Waals surface area contributed by atoms with Crippen molar-refractivity contribution in [3.63, 3.8) is 0 Å². The van der Waals surface area contributed by atoms with E-state index in [2.05, 4.69) is 35.9 Å². The highest BCUT2D eigenvalue weighted by molar-refractivity contribution is 8.00. The Hall–Kier alpha value is 0.270. The highest BCUT2D eigenvalue weighted by Crippen LogP contribution is 2.36. The predicted octanol–water partition coefficient (Wildman–Crippen LogP) is 3.37. The van der Waals surface area contributed by atoms with E-state index >= 15 is 0 Å². The topological polar surface area (TPSA) is 15.3 Å². The van der Waals surface area contributed by atoms with E-state index < -0.39 is 0 Å². The molecule has 1 atom stereocenters. The number of hydrogen-bond donors (Lipinski definition) is 1. The molecule has 0 radical (unpaired) electrons. The lowest BCUT2D eigenvalue weighted by Crippen LogP contribution is -2.47. The summed E-state index contributed by atoms with van der Waals surface area (Å²) in [6.07, 6.45) is 10.0. The first-order valence-corrected chi connectivity index (χ1v) is 9.31. The Labute approximate surface area is 124 Å². The third-order valence-corrected chi connectivity index (χ3v) is 6.33. The van der Waals surface area contributed by atoms with Crippen molar-refractivity contribution in [2.24, 2.45) is 5.41 Å². The lowest BCUT2D eigenvalue weighted by atomic mass is 9.79. The van der Waals surface area contributed by atoms with Gasteiger partial charge < -0.3 is 10.2 Å². The molecule has 0 bridgehead atoms. The van der Waals surface area contributed by atoms with Crippen LogP contribution in [-0.4, -0.2) is 49.1 Å². The molecule has 0 aromatic carbocycles. The molecule has 2 nitrogen and oxygen atoms in total. The molecular formula is C16H32N2S. The number of nitrogens with one attached hydrogen (secondary N) is 1. The average Bonchev–Trinajstić information content (AvgIpc) is 2.65. The molecule has 19 heavy (non-hydrogen) atoms. The summed E-state index contributed by atoms with van der Waals surface area (Å²) >= 11 is 2.19. The van der Waals surface area contributed by atoms with Crippen LogP contribution in [0.1, 0.15) is 51.9 Å². The fraction of sp³-hybridized carbons (Fsp3) is 1.00. The van der Waals surface area contributed by atoms with Crippen LogP contribution in [0.2, 0.25) is 0 Å². The lowest BCUT2D eigenvalue weighted by molar-refractivity contribution is 0.131. The van der Waals surface area contributed by atoms with E-state index in [0.717, 1.165) is 5.25 Å². The second-order valence-corrected chi connectivity index (χ2v) is 7.99. The van der Waals surface area contributed by atoms with E-state index in [9.17, 15) is 0 Å². The van der Waals surface area contributed by atoms with Crippen LogP contribution in [0, 0.1) is 5.41 Å². The summed E-state index contributed by atoms with van der Waals surface area (Å²) in [5.74, 6) is 1.34. The van der Waals surface area contributed by atoms with Crippen molar-refractivity contribution in [1.82, 2.24) is 10.2 Å². The zero-order valence-electron chi connectivity index (χ0n) is 12.9. The molecule has 112 valence electrons. The molecule has 1 aliphatic carbocycles. The number of rotatable bonds is 5. The van der Waals surface area contributed by atoms with E-state index in [1.807, 2.05) is 0 Å². The molecule has 2 rings (SSSR count). The molecule has 2 aliphatic rings. The van der Waals surface area contributed by atoms with Gasteiger partial charge in [0.05, 0.1) is 0 Å². The number of thioether (sulfide) groups is 1. The first-order valence-electron chi connectivity index (χ1n) is 8.26. The normalized spacial score (nSPS) is 29.1. The minimum atomic E-state index is 0.561. The molecule has 0 aromatic rings. The van der Waals surface area contributed by atoms with Gasteiger partial charge in [0.25, 0.3) is 0 Å². The molecule has 1 saturated heterocycles. The van der Waals surface area contributed by atoms with Gasteiger partial charge in [0, 0.05) is 37.2 Å². The zero-order valence-corrected chi connectivity index (χ0v) is 13.7. The molecule has 3 heteroatoms. The van der Waals surface area contributed by atoms with Crippen LogP contribution in [0.5, 0.6) is 0 Å². The van der Waals surface area contributed by atoms with Gasteiger partial charge in [-0.05, 0) is 31.7 Å². The van der Waals surface area contributed by atoms with Gasteiger partial charge in [-0.3, -0.25) is 0 Å². The Morgan fingerprint density at radius 2 is 1.95 bits per heavy atom. The standard InChI is InChI=1S/C16H32N2S/c1-3-15-12-18(10-11-19-15)14-16(13-17-2)8-6-4-5-7-9-16/h15,17H,3-14H2,1-2H3. The minimum absolute atomic E-state index is 0.561.